The largest absolute Gasteiger partial charge is 0.343 e. The molecule has 0 unspecified atom stereocenters. The van der Waals surface area contributed by atoms with E-state index in [1.54, 1.807) is 0 Å². The van der Waals surface area contributed by atoms with Crippen LogP contribution < -0.4 is 10.7 Å². The number of hydrogen-bond acceptors (Lipinski definition) is 3. The molecule has 1 saturated heterocycles. The molecule has 0 aromatic rings. The molecule has 1 heterocycles. The Balaban J connectivity index is 2.19. The Labute approximate surface area is 99.8 Å². The average Bonchev–Trinajstić information content (AvgIpc) is 2.40. The number of carbonyl (C=O) groups excluding carboxylic acids is 2. The van der Waals surface area contributed by atoms with Crippen LogP contribution in [0.3, 0.4) is 0 Å². The maximum atomic E-state index is 11.6. The first-order chi connectivity index (χ1) is 7.98. The standard InChI is InChI=1S/C12H15N3O2/c1-12(2)6-3-4-9(5-7-12)15-11(17)14-10(16)8-13-15/h3-7,13H,8H2,1-2H3,(H,14,16,17). The first-order valence-electron chi connectivity index (χ1n) is 5.44. The third-order valence-corrected chi connectivity index (χ3v) is 2.58. The predicted molar refractivity (Wildman–Crippen MR) is 63.5 cm³/mol. The first-order valence-corrected chi connectivity index (χ1v) is 5.44. The van der Waals surface area contributed by atoms with E-state index in [9.17, 15) is 9.59 Å². The number of rotatable bonds is 1. The smallest absolute Gasteiger partial charge is 0.275 e. The van der Waals surface area contributed by atoms with Gasteiger partial charge in [0.1, 0.15) is 0 Å². The highest BCUT2D eigenvalue weighted by Gasteiger charge is 2.25. The normalized spacial score (nSPS) is 23.2. The molecule has 1 aliphatic carbocycles. The Morgan fingerprint density at radius 3 is 2.76 bits per heavy atom. The van der Waals surface area contributed by atoms with Gasteiger partial charge in [-0.05, 0) is 12.2 Å². The van der Waals surface area contributed by atoms with Crippen LogP contribution in [0.4, 0.5) is 4.79 Å². The first kappa shape index (κ1) is 11.6. The topological polar surface area (TPSA) is 61.4 Å². The highest BCUT2D eigenvalue weighted by atomic mass is 16.2. The number of allylic oxidation sites excluding steroid dienone is 5. The summed E-state index contributed by atoms with van der Waals surface area (Å²) in [4.78, 5) is 22.6. The summed E-state index contributed by atoms with van der Waals surface area (Å²) >= 11 is 0. The van der Waals surface area contributed by atoms with Crippen LogP contribution in [0.2, 0.25) is 0 Å². The van der Waals surface area contributed by atoms with Crippen molar-refractivity contribution in [2.45, 2.75) is 13.8 Å². The summed E-state index contributed by atoms with van der Waals surface area (Å²) in [5, 5.41) is 3.59. The minimum Gasteiger partial charge on any atom is -0.275 e. The van der Waals surface area contributed by atoms with Crippen molar-refractivity contribution in [3.05, 3.63) is 36.1 Å². The Hall–Kier alpha value is -1.88. The van der Waals surface area contributed by atoms with Gasteiger partial charge in [0.15, 0.2) is 0 Å². The second-order valence-corrected chi connectivity index (χ2v) is 4.63. The summed E-state index contributed by atoms with van der Waals surface area (Å²) in [6.07, 6.45) is 9.65. The second kappa shape index (κ2) is 4.18. The van der Waals surface area contributed by atoms with Gasteiger partial charge in [0, 0.05) is 5.41 Å². The Bertz CT molecular complexity index is 447. The zero-order chi connectivity index (χ0) is 12.5. The van der Waals surface area contributed by atoms with E-state index in [0.717, 1.165) is 0 Å². The number of hydrazine groups is 1. The lowest BCUT2D eigenvalue weighted by Crippen LogP contribution is -2.58. The van der Waals surface area contributed by atoms with Gasteiger partial charge in [-0.3, -0.25) is 10.1 Å². The molecule has 0 aromatic heterocycles. The van der Waals surface area contributed by atoms with E-state index in [-0.39, 0.29) is 17.9 Å². The zero-order valence-corrected chi connectivity index (χ0v) is 9.86. The van der Waals surface area contributed by atoms with Crippen molar-refractivity contribution in [1.29, 1.82) is 0 Å². The number of nitrogens with one attached hydrogen (secondary N) is 2. The second-order valence-electron chi connectivity index (χ2n) is 4.63. The van der Waals surface area contributed by atoms with Crippen molar-refractivity contribution in [1.82, 2.24) is 15.8 Å². The van der Waals surface area contributed by atoms with Gasteiger partial charge in [-0.25, -0.2) is 15.2 Å². The summed E-state index contributed by atoms with van der Waals surface area (Å²) in [6, 6.07) is -0.453. The third-order valence-electron chi connectivity index (χ3n) is 2.58. The molecule has 0 saturated carbocycles. The molecule has 0 radical (unpaired) electrons. The number of amides is 3. The van der Waals surface area contributed by atoms with Crippen molar-refractivity contribution >= 4 is 11.9 Å². The van der Waals surface area contributed by atoms with Gasteiger partial charge in [0.2, 0.25) is 5.91 Å². The van der Waals surface area contributed by atoms with Crippen LogP contribution in [0.1, 0.15) is 13.8 Å². The predicted octanol–water partition coefficient (Wildman–Crippen LogP) is 1.08. The maximum absolute atomic E-state index is 11.6. The number of hydrogen-bond donors (Lipinski definition) is 2. The van der Waals surface area contributed by atoms with Crippen LogP contribution in [0.25, 0.3) is 0 Å². The lowest BCUT2D eigenvalue weighted by molar-refractivity contribution is -0.121. The highest BCUT2D eigenvalue weighted by Crippen LogP contribution is 2.23. The summed E-state index contributed by atoms with van der Waals surface area (Å²) in [5.41, 5.74) is 3.43. The summed E-state index contributed by atoms with van der Waals surface area (Å²) in [6.45, 7) is 4.25. The van der Waals surface area contributed by atoms with Gasteiger partial charge in [-0.15, -0.1) is 0 Å². The minimum atomic E-state index is -0.453. The molecule has 2 aliphatic rings. The lowest BCUT2D eigenvalue weighted by atomic mass is 9.93. The molecule has 0 atom stereocenters. The van der Waals surface area contributed by atoms with Crippen molar-refractivity contribution in [3.8, 4) is 0 Å². The van der Waals surface area contributed by atoms with Gasteiger partial charge in [-0.2, -0.15) is 0 Å². The quantitative estimate of drug-likeness (QED) is 0.712. The van der Waals surface area contributed by atoms with Crippen LogP contribution in [0.5, 0.6) is 0 Å². The molecular formula is C12H15N3O2. The van der Waals surface area contributed by atoms with Gasteiger partial charge >= 0.3 is 6.03 Å². The van der Waals surface area contributed by atoms with Crippen LogP contribution in [-0.2, 0) is 4.79 Å². The molecule has 5 nitrogen and oxygen atoms in total. The minimum absolute atomic E-state index is 0.0413. The zero-order valence-electron chi connectivity index (χ0n) is 9.86. The monoisotopic (exact) mass is 233 g/mol. The van der Waals surface area contributed by atoms with Crippen LogP contribution in [0.15, 0.2) is 36.1 Å². The van der Waals surface area contributed by atoms with Crippen molar-refractivity contribution in [2.24, 2.45) is 5.41 Å². The lowest BCUT2D eigenvalue weighted by Gasteiger charge is -2.27. The number of imide groups is 1. The van der Waals surface area contributed by atoms with E-state index >= 15 is 0 Å². The van der Waals surface area contributed by atoms with E-state index in [0.29, 0.717) is 5.70 Å². The fourth-order valence-electron chi connectivity index (χ4n) is 1.61. The van der Waals surface area contributed by atoms with Crippen molar-refractivity contribution in [3.63, 3.8) is 0 Å². The van der Waals surface area contributed by atoms with Gasteiger partial charge in [-0.1, -0.05) is 32.1 Å². The molecular weight excluding hydrogens is 218 g/mol. The van der Waals surface area contributed by atoms with Gasteiger partial charge in [0.25, 0.3) is 0 Å². The van der Waals surface area contributed by atoms with E-state index in [1.165, 1.54) is 5.01 Å². The van der Waals surface area contributed by atoms with E-state index in [4.69, 9.17) is 0 Å². The fraction of sp³-hybridized carbons (Fsp3) is 0.333. The maximum Gasteiger partial charge on any atom is 0.343 e. The summed E-state index contributed by atoms with van der Waals surface area (Å²) < 4.78 is 0. The summed E-state index contributed by atoms with van der Waals surface area (Å²) in [5.74, 6) is -0.319. The fourth-order valence-corrected chi connectivity index (χ4v) is 1.61. The van der Waals surface area contributed by atoms with Crippen LogP contribution >= 0.6 is 0 Å². The molecule has 0 bridgehead atoms. The molecule has 2 rings (SSSR count). The number of urea groups is 1. The molecule has 0 aromatic carbocycles. The van der Waals surface area contributed by atoms with Crippen molar-refractivity contribution < 1.29 is 9.59 Å². The van der Waals surface area contributed by atoms with Gasteiger partial charge in [0.05, 0.1) is 12.2 Å². The molecule has 17 heavy (non-hydrogen) atoms. The van der Waals surface area contributed by atoms with E-state index < -0.39 is 6.03 Å². The number of carbonyl (C=O) groups is 2. The molecule has 0 spiro atoms. The Kier molecular flexibility index (Phi) is 2.85. The van der Waals surface area contributed by atoms with Crippen LogP contribution in [-0.4, -0.2) is 23.5 Å². The molecule has 3 amide bonds. The van der Waals surface area contributed by atoms with Gasteiger partial charge < -0.3 is 0 Å². The third kappa shape index (κ3) is 2.62. The van der Waals surface area contributed by atoms with Crippen molar-refractivity contribution in [2.75, 3.05) is 6.54 Å². The summed E-state index contributed by atoms with van der Waals surface area (Å²) in [7, 11) is 0. The Morgan fingerprint density at radius 1 is 1.29 bits per heavy atom. The number of nitrogens with zero attached hydrogens (tertiary/aromatic N) is 1. The molecule has 90 valence electrons. The molecule has 5 heteroatoms. The highest BCUT2D eigenvalue weighted by molar-refractivity contribution is 5.97. The van der Waals surface area contributed by atoms with E-state index in [2.05, 4.69) is 24.6 Å². The SMILES string of the molecule is CC1(C)C=CC=C(N2NCC(=O)NC2=O)C=C1. The molecule has 2 N–H and O–H groups in total. The Morgan fingerprint density at radius 2 is 2.06 bits per heavy atom. The van der Waals surface area contributed by atoms with Crippen LogP contribution in [0, 0.1) is 5.41 Å². The molecule has 1 fully saturated rings. The molecule has 1 aliphatic heterocycles. The van der Waals surface area contributed by atoms with E-state index in [1.807, 2.05) is 30.4 Å². The average molecular weight is 233 g/mol.